The molecule has 0 aliphatic heterocycles. The van der Waals surface area contributed by atoms with Gasteiger partial charge in [0.2, 0.25) is 0 Å². The van der Waals surface area contributed by atoms with E-state index in [1.807, 2.05) is 0 Å². The van der Waals surface area contributed by atoms with Crippen LogP contribution >= 0.6 is 0 Å². The second-order valence-electron chi connectivity index (χ2n) is 3.15. The van der Waals surface area contributed by atoms with Crippen LogP contribution in [-0.2, 0) is 0 Å². The van der Waals surface area contributed by atoms with Gasteiger partial charge in [0.15, 0.2) is 6.61 Å². The quantitative estimate of drug-likeness (QED) is 0.583. The molecule has 2 nitrogen and oxygen atoms in total. The highest BCUT2D eigenvalue weighted by Gasteiger charge is 2.41. The Kier molecular flexibility index (Phi) is 4.42. The van der Waals surface area contributed by atoms with Gasteiger partial charge in [0, 0.05) is 0 Å². The molecule has 0 N–H and O–H groups in total. The summed E-state index contributed by atoms with van der Waals surface area (Å²) in [6.45, 7) is -1.44. The molecule has 0 saturated carbocycles. The van der Waals surface area contributed by atoms with Crippen LogP contribution in [0, 0.1) is 0 Å². The second-order valence-corrected chi connectivity index (χ2v) is 3.15. The SMILES string of the molecule is F/N=C/c1cccc(OCC(F)(F)C(F)F)c1. The third-order valence-corrected chi connectivity index (χ3v) is 1.81. The molecule has 0 unspecified atom stereocenters. The van der Waals surface area contributed by atoms with Crippen molar-refractivity contribution in [3.05, 3.63) is 29.8 Å². The Balaban J connectivity index is 2.66. The molecule has 0 spiro atoms. The van der Waals surface area contributed by atoms with E-state index in [-0.39, 0.29) is 11.3 Å². The van der Waals surface area contributed by atoms with Crippen LogP contribution in [0.15, 0.2) is 29.5 Å². The van der Waals surface area contributed by atoms with Gasteiger partial charge in [-0.2, -0.15) is 8.78 Å². The van der Waals surface area contributed by atoms with Gasteiger partial charge < -0.3 is 4.74 Å². The van der Waals surface area contributed by atoms with Gasteiger partial charge >= 0.3 is 12.3 Å². The summed E-state index contributed by atoms with van der Waals surface area (Å²) < 4.78 is 64.8. The zero-order valence-electron chi connectivity index (χ0n) is 8.42. The summed E-state index contributed by atoms with van der Waals surface area (Å²) in [7, 11) is 0. The number of alkyl halides is 4. The van der Waals surface area contributed by atoms with Crippen molar-refractivity contribution in [2.45, 2.75) is 12.3 Å². The Morgan fingerprint density at radius 2 is 2.06 bits per heavy atom. The van der Waals surface area contributed by atoms with E-state index >= 15 is 0 Å². The van der Waals surface area contributed by atoms with Gasteiger partial charge in [0.25, 0.3) is 0 Å². The minimum Gasteiger partial charge on any atom is -0.487 e. The normalized spacial score (nSPS) is 12.4. The lowest BCUT2D eigenvalue weighted by molar-refractivity contribution is -0.148. The third kappa shape index (κ3) is 4.01. The summed E-state index contributed by atoms with van der Waals surface area (Å²) in [4.78, 5) is 0. The fraction of sp³-hybridized carbons (Fsp3) is 0.300. The molecule has 0 amide bonds. The van der Waals surface area contributed by atoms with Crippen molar-refractivity contribution in [2.24, 2.45) is 5.21 Å². The number of ether oxygens (including phenoxy) is 1. The highest BCUT2D eigenvalue weighted by Crippen LogP contribution is 2.24. The van der Waals surface area contributed by atoms with E-state index in [0.717, 1.165) is 6.21 Å². The summed E-state index contributed by atoms with van der Waals surface area (Å²) in [5.74, 6) is -4.28. The van der Waals surface area contributed by atoms with Crippen molar-refractivity contribution in [2.75, 3.05) is 6.61 Å². The molecule has 0 fully saturated rings. The van der Waals surface area contributed by atoms with Crippen LogP contribution in [0.3, 0.4) is 0 Å². The molecule has 0 heterocycles. The van der Waals surface area contributed by atoms with Crippen LogP contribution in [0.5, 0.6) is 5.75 Å². The van der Waals surface area contributed by atoms with Gasteiger partial charge in [-0.15, -0.1) is 0 Å². The molecule has 94 valence electrons. The van der Waals surface area contributed by atoms with Crippen LogP contribution in [0.1, 0.15) is 5.56 Å². The van der Waals surface area contributed by atoms with Gasteiger partial charge in [-0.3, -0.25) is 0 Å². The first-order valence-electron chi connectivity index (χ1n) is 4.49. The van der Waals surface area contributed by atoms with Crippen molar-refractivity contribution in [1.29, 1.82) is 0 Å². The molecule has 0 saturated heterocycles. The van der Waals surface area contributed by atoms with Gasteiger partial charge in [0.1, 0.15) is 5.75 Å². The highest BCUT2D eigenvalue weighted by molar-refractivity contribution is 5.79. The summed E-state index contributed by atoms with van der Waals surface area (Å²) >= 11 is 0. The standard InChI is InChI=1S/C10H8F5NO/c11-9(12)10(13,14)6-17-8-3-1-2-7(4-8)5-16-15/h1-5,9H,6H2/b16-5+. The van der Waals surface area contributed by atoms with Crippen LogP contribution < -0.4 is 4.74 Å². The summed E-state index contributed by atoms with van der Waals surface area (Å²) in [5, 5.41) is 2.24. The minimum atomic E-state index is -4.22. The fourth-order valence-electron chi connectivity index (χ4n) is 0.984. The van der Waals surface area contributed by atoms with E-state index in [0.29, 0.717) is 0 Å². The lowest BCUT2D eigenvalue weighted by Gasteiger charge is -2.15. The number of benzene rings is 1. The predicted molar refractivity (Wildman–Crippen MR) is 51.6 cm³/mol. The summed E-state index contributed by atoms with van der Waals surface area (Å²) in [5.41, 5.74) is 0.269. The minimum absolute atomic E-state index is 0.0669. The smallest absolute Gasteiger partial charge is 0.340 e. The molecule has 0 aliphatic carbocycles. The molecule has 1 rings (SSSR count). The van der Waals surface area contributed by atoms with Crippen LogP contribution in [0.25, 0.3) is 0 Å². The Bertz CT molecular complexity index is 394. The molecule has 0 bridgehead atoms. The van der Waals surface area contributed by atoms with Crippen LogP contribution in [0.4, 0.5) is 22.0 Å². The molecule has 1 aromatic carbocycles. The van der Waals surface area contributed by atoms with Gasteiger partial charge in [0.05, 0.1) is 6.21 Å². The second kappa shape index (κ2) is 5.60. The first-order valence-corrected chi connectivity index (χ1v) is 4.49. The van der Waals surface area contributed by atoms with E-state index in [9.17, 15) is 22.0 Å². The fourth-order valence-corrected chi connectivity index (χ4v) is 0.984. The van der Waals surface area contributed by atoms with Gasteiger partial charge in [-0.05, 0) is 17.7 Å². The maximum atomic E-state index is 12.5. The highest BCUT2D eigenvalue weighted by atomic mass is 19.3. The van der Waals surface area contributed by atoms with E-state index in [2.05, 4.69) is 9.95 Å². The Morgan fingerprint density at radius 3 is 2.65 bits per heavy atom. The number of nitrogens with zero attached hydrogens (tertiary/aromatic N) is 1. The van der Waals surface area contributed by atoms with Gasteiger partial charge in [-0.25, -0.2) is 8.78 Å². The average molecular weight is 253 g/mol. The number of halogens is 5. The lowest BCUT2D eigenvalue weighted by Crippen LogP contribution is -2.33. The van der Waals surface area contributed by atoms with E-state index < -0.39 is 19.0 Å². The first kappa shape index (κ1) is 13.4. The Hall–Kier alpha value is -1.66. The number of hydrogen-bond donors (Lipinski definition) is 0. The van der Waals surface area contributed by atoms with E-state index in [4.69, 9.17) is 0 Å². The van der Waals surface area contributed by atoms with E-state index in [1.165, 1.54) is 24.3 Å². The first-order chi connectivity index (χ1) is 7.95. The molecular weight excluding hydrogens is 245 g/mol. The molecule has 1 aromatic rings. The summed E-state index contributed by atoms with van der Waals surface area (Å²) in [6, 6.07) is 5.33. The molecule has 0 aromatic heterocycles. The van der Waals surface area contributed by atoms with E-state index in [1.54, 1.807) is 0 Å². The number of rotatable bonds is 5. The van der Waals surface area contributed by atoms with Crippen molar-refractivity contribution in [1.82, 2.24) is 0 Å². The molecule has 0 radical (unpaired) electrons. The topological polar surface area (TPSA) is 21.6 Å². The number of hydrogen-bond acceptors (Lipinski definition) is 2. The van der Waals surface area contributed by atoms with Gasteiger partial charge in [-0.1, -0.05) is 21.8 Å². The molecule has 7 heteroatoms. The van der Waals surface area contributed by atoms with Crippen molar-refractivity contribution in [3.8, 4) is 5.75 Å². The summed E-state index contributed by atoms with van der Waals surface area (Å²) in [6.07, 6.45) is -2.96. The van der Waals surface area contributed by atoms with Crippen LogP contribution in [-0.4, -0.2) is 25.2 Å². The Morgan fingerprint density at radius 1 is 1.35 bits per heavy atom. The molecule has 0 atom stereocenters. The van der Waals surface area contributed by atoms with Crippen molar-refractivity contribution < 1.29 is 26.8 Å². The monoisotopic (exact) mass is 253 g/mol. The third-order valence-electron chi connectivity index (χ3n) is 1.81. The molecular formula is C10H8F5NO. The van der Waals surface area contributed by atoms with Crippen LogP contribution in [0.2, 0.25) is 0 Å². The largest absolute Gasteiger partial charge is 0.487 e. The van der Waals surface area contributed by atoms with Crippen molar-refractivity contribution >= 4 is 6.21 Å². The maximum absolute atomic E-state index is 12.5. The average Bonchev–Trinajstić information content (AvgIpc) is 2.27. The predicted octanol–water partition coefficient (Wildman–Crippen LogP) is 3.27. The maximum Gasteiger partial charge on any atom is 0.340 e. The molecule has 17 heavy (non-hydrogen) atoms. The lowest BCUT2D eigenvalue weighted by atomic mass is 10.2. The zero-order chi connectivity index (χ0) is 12.9. The zero-order valence-corrected chi connectivity index (χ0v) is 8.42. The Labute approximate surface area is 93.7 Å². The van der Waals surface area contributed by atoms with Crippen molar-refractivity contribution in [3.63, 3.8) is 0 Å². The molecule has 0 aliphatic rings.